The second-order valence-corrected chi connectivity index (χ2v) is 7.33. The molecule has 31 heavy (non-hydrogen) atoms. The maximum atomic E-state index is 12.3. The number of benzene rings is 3. The molecule has 4 aromatic rings. The van der Waals surface area contributed by atoms with E-state index in [0.717, 1.165) is 17.1 Å². The van der Waals surface area contributed by atoms with Gasteiger partial charge in [-0.1, -0.05) is 48.2 Å². The monoisotopic (exact) mass is 440 g/mol. The summed E-state index contributed by atoms with van der Waals surface area (Å²) in [6, 6.07) is 23.3. The van der Waals surface area contributed by atoms with Gasteiger partial charge in [-0.25, -0.2) is 4.68 Å². The summed E-state index contributed by atoms with van der Waals surface area (Å²) in [4.78, 5) is 0. The normalized spacial score (nSPS) is 10.9. The second kappa shape index (κ2) is 9.48. The third-order valence-corrected chi connectivity index (χ3v) is 5.29. The zero-order valence-electron chi connectivity index (χ0n) is 16.2. The van der Waals surface area contributed by atoms with Crippen LogP contribution in [0.3, 0.4) is 0 Å². The van der Waals surface area contributed by atoms with Crippen LogP contribution in [0.15, 0.2) is 84.0 Å². The molecule has 0 amide bonds. The minimum atomic E-state index is -2.87. The molecule has 0 atom stereocenters. The average Bonchev–Trinajstić information content (AvgIpc) is 3.14. The molecule has 6 nitrogen and oxygen atoms in total. The first-order chi connectivity index (χ1) is 15.1. The Bertz CT molecular complexity index is 1140. The fourth-order valence-electron chi connectivity index (χ4n) is 2.84. The topological polar surface area (TPSA) is 75.2 Å². The van der Waals surface area contributed by atoms with Crippen molar-refractivity contribution in [3.8, 4) is 28.6 Å². The lowest BCUT2D eigenvalue weighted by Gasteiger charge is -2.11. The minimum absolute atomic E-state index is 0.0615. The summed E-state index contributed by atoms with van der Waals surface area (Å²) in [7, 11) is 0. The molecule has 158 valence electrons. The van der Waals surface area contributed by atoms with Crippen LogP contribution in [-0.4, -0.2) is 21.5 Å². The van der Waals surface area contributed by atoms with Crippen LogP contribution in [0.5, 0.6) is 17.2 Å². The lowest BCUT2D eigenvalue weighted by molar-refractivity contribution is -0.0498. The van der Waals surface area contributed by atoms with Gasteiger partial charge in [0, 0.05) is 16.9 Å². The second-order valence-electron chi connectivity index (χ2n) is 6.39. The number of halogens is 2. The van der Waals surface area contributed by atoms with Crippen molar-refractivity contribution in [2.24, 2.45) is 0 Å². The third-order valence-electron chi connectivity index (χ3n) is 4.30. The zero-order chi connectivity index (χ0) is 21.6. The van der Waals surface area contributed by atoms with E-state index >= 15 is 0 Å². The Hall–Kier alpha value is -3.59. The van der Waals surface area contributed by atoms with E-state index in [1.54, 1.807) is 12.1 Å². The maximum absolute atomic E-state index is 12.3. The van der Waals surface area contributed by atoms with Crippen molar-refractivity contribution in [2.45, 2.75) is 17.5 Å². The highest BCUT2D eigenvalue weighted by Gasteiger charge is 2.14. The van der Waals surface area contributed by atoms with Crippen LogP contribution in [0.4, 0.5) is 8.78 Å². The van der Waals surface area contributed by atoms with Gasteiger partial charge in [-0.3, -0.25) is 0 Å². The first-order valence-electron chi connectivity index (χ1n) is 9.29. The molecule has 0 aliphatic heterocycles. The summed E-state index contributed by atoms with van der Waals surface area (Å²) in [5.41, 5.74) is 1.62. The zero-order valence-corrected chi connectivity index (χ0v) is 17.0. The fraction of sp³-hybridized carbons (Fsp3) is 0.0909. The van der Waals surface area contributed by atoms with Crippen LogP contribution in [-0.2, 0) is 5.75 Å². The van der Waals surface area contributed by atoms with Gasteiger partial charge in [0.1, 0.15) is 17.2 Å². The summed E-state index contributed by atoms with van der Waals surface area (Å²) < 4.78 is 36.3. The number of hydrogen-bond acceptors (Lipinski definition) is 6. The van der Waals surface area contributed by atoms with Crippen molar-refractivity contribution >= 4 is 11.8 Å². The van der Waals surface area contributed by atoms with Crippen molar-refractivity contribution in [2.75, 3.05) is 5.84 Å². The van der Waals surface area contributed by atoms with Crippen LogP contribution in [0.2, 0.25) is 0 Å². The minimum Gasteiger partial charge on any atom is -0.457 e. The van der Waals surface area contributed by atoms with E-state index < -0.39 is 6.61 Å². The Morgan fingerprint density at radius 2 is 1.58 bits per heavy atom. The lowest BCUT2D eigenvalue weighted by Crippen LogP contribution is -2.11. The number of nitrogens with two attached hydrogens (primary N) is 1. The predicted octanol–water partition coefficient (Wildman–Crippen LogP) is 5.34. The Labute approximate surface area is 181 Å². The van der Waals surface area contributed by atoms with E-state index in [1.165, 1.54) is 28.6 Å². The van der Waals surface area contributed by atoms with Crippen LogP contribution in [0, 0.1) is 0 Å². The molecule has 9 heteroatoms. The molecular weight excluding hydrogens is 422 g/mol. The average molecular weight is 440 g/mol. The van der Waals surface area contributed by atoms with E-state index in [0.29, 0.717) is 22.3 Å². The fourth-order valence-corrected chi connectivity index (χ4v) is 3.69. The molecule has 0 spiro atoms. The van der Waals surface area contributed by atoms with Gasteiger partial charge in [-0.15, -0.1) is 10.2 Å². The first kappa shape index (κ1) is 20.7. The van der Waals surface area contributed by atoms with Gasteiger partial charge < -0.3 is 15.3 Å². The molecule has 1 aromatic heterocycles. The van der Waals surface area contributed by atoms with E-state index in [2.05, 4.69) is 14.9 Å². The number of hydrogen-bond donors (Lipinski definition) is 1. The molecule has 0 unspecified atom stereocenters. The van der Waals surface area contributed by atoms with Gasteiger partial charge in [0.25, 0.3) is 0 Å². The highest BCUT2D eigenvalue weighted by Crippen LogP contribution is 2.31. The smallest absolute Gasteiger partial charge is 0.387 e. The Morgan fingerprint density at radius 1 is 0.871 bits per heavy atom. The summed E-state index contributed by atoms with van der Waals surface area (Å²) in [6.07, 6.45) is 0. The highest BCUT2D eigenvalue weighted by atomic mass is 32.2. The Kier molecular flexibility index (Phi) is 6.32. The molecule has 0 saturated heterocycles. The van der Waals surface area contributed by atoms with Gasteiger partial charge in [0.05, 0.1) is 0 Å². The summed E-state index contributed by atoms with van der Waals surface area (Å²) in [5, 5.41) is 8.79. The largest absolute Gasteiger partial charge is 0.457 e. The van der Waals surface area contributed by atoms with Crippen LogP contribution < -0.4 is 15.3 Å². The van der Waals surface area contributed by atoms with Gasteiger partial charge >= 0.3 is 6.61 Å². The SMILES string of the molecule is Nn1c(SCc2ccccc2Oc2ccccc2)nnc1-c1ccc(OC(F)F)cc1. The van der Waals surface area contributed by atoms with E-state index in [1.807, 2.05) is 54.6 Å². The van der Waals surface area contributed by atoms with Crippen molar-refractivity contribution < 1.29 is 18.3 Å². The number of para-hydroxylation sites is 2. The lowest BCUT2D eigenvalue weighted by atomic mass is 10.2. The van der Waals surface area contributed by atoms with Gasteiger partial charge in [0.2, 0.25) is 5.16 Å². The quantitative estimate of drug-likeness (QED) is 0.294. The molecule has 0 fully saturated rings. The third kappa shape index (κ3) is 5.13. The molecule has 0 aliphatic rings. The van der Waals surface area contributed by atoms with Crippen molar-refractivity contribution in [1.29, 1.82) is 0 Å². The standard InChI is InChI=1S/C22H18F2N4O2S/c23-21(24)30-18-12-10-15(11-13-18)20-26-27-22(28(20)25)31-14-16-6-4-5-9-19(16)29-17-7-2-1-3-8-17/h1-13,21H,14,25H2. The molecule has 3 aromatic carbocycles. The summed E-state index contributed by atoms with van der Waals surface area (Å²) in [5.74, 6) is 8.72. The number of nitrogens with zero attached hydrogens (tertiary/aromatic N) is 3. The molecule has 0 aliphatic carbocycles. The Morgan fingerprint density at radius 3 is 2.32 bits per heavy atom. The van der Waals surface area contributed by atoms with Crippen molar-refractivity contribution in [3.05, 3.63) is 84.4 Å². The van der Waals surface area contributed by atoms with Crippen molar-refractivity contribution in [3.63, 3.8) is 0 Å². The van der Waals surface area contributed by atoms with E-state index in [-0.39, 0.29) is 5.75 Å². The molecule has 0 bridgehead atoms. The number of thioether (sulfide) groups is 1. The summed E-state index contributed by atoms with van der Waals surface area (Å²) in [6.45, 7) is -2.87. The van der Waals surface area contributed by atoms with Crippen LogP contribution in [0.25, 0.3) is 11.4 Å². The molecular formula is C22H18F2N4O2S. The molecule has 4 rings (SSSR count). The molecule has 1 heterocycles. The van der Waals surface area contributed by atoms with Crippen LogP contribution >= 0.6 is 11.8 Å². The predicted molar refractivity (Wildman–Crippen MR) is 115 cm³/mol. The van der Waals surface area contributed by atoms with E-state index in [9.17, 15) is 8.78 Å². The molecule has 0 saturated carbocycles. The number of ether oxygens (including phenoxy) is 2. The highest BCUT2D eigenvalue weighted by molar-refractivity contribution is 7.98. The number of rotatable bonds is 8. The van der Waals surface area contributed by atoms with Gasteiger partial charge in [0.15, 0.2) is 5.82 Å². The first-order valence-corrected chi connectivity index (χ1v) is 10.3. The van der Waals surface area contributed by atoms with E-state index in [4.69, 9.17) is 10.6 Å². The Balaban J connectivity index is 1.46. The number of aromatic nitrogens is 3. The summed E-state index contributed by atoms with van der Waals surface area (Å²) >= 11 is 1.41. The maximum Gasteiger partial charge on any atom is 0.387 e. The van der Waals surface area contributed by atoms with Gasteiger partial charge in [-0.2, -0.15) is 8.78 Å². The molecule has 0 radical (unpaired) electrons. The van der Waals surface area contributed by atoms with Gasteiger partial charge in [-0.05, 0) is 42.5 Å². The molecule has 2 N–H and O–H groups in total. The van der Waals surface area contributed by atoms with Crippen molar-refractivity contribution in [1.82, 2.24) is 14.9 Å². The number of nitrogen functional groups attached to an aromatic ring is 1. The number of alkyl halides is 2. The van der Waals surface area contributed by atoms with Crippen LogP contribution in [0.1, 0.15) is 5.56 Å².